The number of ether oxygens (including phenoxy) is 2. The zero-order chi connectivity index (χ0) is 28.5. The number of rotatable bonds is 26. The van der Waals surface area contributed by atoms with Gasteiger partial charge in [-0.3, -0.25) is 18.9 Å². The van der Waals surface area contributed by atoms with Crippen molar-refractivity contribution in [2.75, 3.05) is 19.0 Å². The molecule has 0 amide bonds. The maximum absolute atomic E-state index is 12.2. The van der Waals surface area contributed by atoms with E-state index >= 15 is 0 Å². The minimum Gasteiger partial charge on any atom is -0.462 e. The highest BCUT2D eigenvalue weighted by atomic mass is 32.2. The zero-order valence-electron chi connectivity index (χ0n) is 23.5. The van der Waals surface area contributed by atoms with Crippen LogP contribution in [0.15, 0.2) is 0 Å². The summed E-state index contributed by atoms with van der Waals surface area (Å²) in [5, 5.41) is 0.122. The highest BCUT2D eigenvalue weighted by Gasteiger charge is 2.22. The molecule has 0 aliphatic rings. The summed E-state index contributed by atoms with van der Waals surface area (Å²) in [6, 6.07) is 0. The van der Waals surface area contributed by atoms with E-state index in [1.165, 1.54) is 56.7 Å². The van der Waals surface area contributed by atoms with Gasteiger partial charge in [-0.2, -0.15) is 0 Å². The second-order valence-electron chi connectivity index (χ2n) is 9.72. The lowest BCUT2D eigenvalue weighted by atomic mass is 10.1. The van der Waals surface area contributed by atoms with E-state index in [0.29, 0.717) is 12.8 Å². The summed E-state index contributed by atoms with van der Waals surface area (Å²) in [4.78, 5) is 53.0. The third-order valence-corrected chi connectivity index (χ3v) is 7.36. The molecule has 0 bridgehead atoms. The molecular weight excluding hydrogens is 531 g/mol. The lowest BCUT2D eigenvalue weighted by Crippen LogP contribution is -2.29. The van der Waals surface area contributed by atoms with E-state index in [4.69, 9.17) is 19.3 Å². The third kappa shape index (κ3) is 28.1. The number of hydrogen-bond acceptors (Lipinski definition) is 8. The lowest BCUT2D eigenvalue weighted by molar-refractivity contribution is -0.161. The Labute approximate surface area is 233 Å². The second kappa shape index (κ2) is 25.1. The molecule has 0 aliphatic carbocycles. The normalized spacial score (nSPS) is 12.3. The van der Waals surface area contributed by atoms with E-state index in [-0.39, 0.29) is 24.6 Å². The molecule has 2 N–H and O–H groups in total. The van der Waals surface area contributed by atoms with E-state index in [0.717, 1.165) is 50.7 Å². The van der Waals surface area contributed by atoms with Gasteiger partial charge in [0.2, 0.25) is 0 Å². The van der Waals surface area contributed by atoms with Crippen molar-refractivity contribution < 1.29 is 42.7 Å². The summed E-state index contributed by atoms with van der Waals surface area (Å²) in [7, 11) is -4.75. The first-order valence-electron chi connectivity index (χ1n) is 14.3. The van der Waals surface area contributed by atoms with Crippen LogP contribution in [0.5, 0.6) is 0 Å². The quantitative estimate of drug-likeness (QED) is 0.0631. The standard InChI is InChI=1S/C27H51O9PS/c1-3-4-5-6-7-8-9-10-11-13-17-20-27(30)36-25(23-35-37(31,32)33)22-34-26(29)19-16-14-12-15-18-21-38-24(2)28/h25H,3-23H2,1-2H3,(H2,31,32,33)/t25-/m1/s1. The molecule has 0 aromatic heterocycles. The average Bonchev–Trinajstić information content (AvgIpc) is 2.85. The largest absolute Gasteiger partial charge is 0.469 e. The molecule has 0 radical (unpaired) electrons. The molecule has 1 atom stereocenters. The van der Waals surface area contributed by atoms with E-state index in [9.17, 15) is 18.9 Å². The molecule has 0 saturated carbocycles. The molecule has 11 heteroatoms. The minimum atomic E-state index is -4.75. The highest BCUT2D eigenvalue weighted by molar-refractivity contribution is 8.13. The molecule has 9 nitrogen and oxygen atoms in total. The van der Waals surface area contributed by atoms with Crippen LogP contribution in [0, 0.1) is 0 Å². The molecule has 0 unspecified atom stereocenters. The van der Waals surface area contributed by atoms with Crippen LogP contribution in [0.3, 0.4) is 0 Å². The van der Waals surface area contributed by atoms with Gasteiger partial charge < -0.3 is 19.3 Å². The molecule has 0 fully saturated rings. The van der Waals surface area contributed by atoms with Gasteiger partial charge in [0, 0.05) is 25.5 Å². The van der Waals surface area contributed by atoms with Crippen molar-refractivity contribution in [1.82, 2.24) is 0 Å². The van der Waals surface area contributed by atoms with Crippen molar-refractivity contribution in [1.29, 1.82) is 0 Å². The molecule has 0 aromatic rings. The Hall–Kier alpha value is -0.930. The van der Waals surface area contributed by atoms with Gasteiger partial charge in [0.25, 0.3) is 0 Å². The van der Waals surface area contributed by atoms with Gasteiger partial charge in [0.05, 0.1) is 6.61 Å². The number of carbonyl (C=O) groups is 3. The van der Waals surface area contributed by atoms with Gasteiger partial charge in [-0.1, -0.05) is 102 Å². The fourth-order valence-corrected chi connectivity index (χ4v) is 4.85. The van der Waals surface area contributed by atoms with Gasteiger partial charge >= 0.3 is 19.8 Å². The molecule has 0 aromatic carbocycles. The van der Waals surface area contributed by atoms with Crippen LogP contribution in [0.4, 0.5) is 0 Å². The Balaban J connectivity index is 4.07. The topological polar surface area (TPSA) is 136 Å². The first-order valence-corrected chi connectivity index (χ1v) is 16.8. The Bertz CT molecular complexity index is 669. The van der Waals surface area contributed by atoms with Crippen LogP contribution in [0.25, 0.3) is 0 Å². The summed E-state index contributed by atoms with van der Waals surface area (Å²) in [6.45, 7) is 2.90. The van der Waals surface area contributed by atoms with Crippen molar-refractivity contribution in [3.8, 4) is 0 Å². The number of phosphoric ester groups is 1. The number of carbonyl (C=O) groups excluding carboxylic acids is 3. The first-order chi connectivity index (χ1) is 18.1. The predicted molar refractivity (Wildman–Crippen MR) is 151 cm³/mol. The molecule has 0 saturated heterocycles. The van der Waals surface area contributed by atoms with Gasteiger partial charge in [0.15, 0.2) is 11.2 Å². The minimum absolute atomic E-state index is 0.122. The number of hydrogen-bond donors (Lipinski definition) is 2. The average molecular weight is 583 g/mol. The Kier molecular flexibility index (Phi) is 24.5. The SMILES string of the molecule is CCCCCCCCCCCCCC(=O)O[C@H](COC(=O)CCCCCCCSC(C)=O)COP(=O)(O)O. The van der Waals surface area contributed by atoms with Crippen molar-refractivity contribution in [3.05, 3.63) is 0 Å². The van der Waals surface area contributed by atoms with Gasteiger partial charge in [-0.25, -0.2) is 4.57 Å². The molecule has 224 valence electrons. The van der Waals surface area contributed by atoms with E-state index in [2.05, 4.69) is 11.4 Å². The smallest absolute Gasteiger partial charge is 0.462 e. The Morgan fingerprint density at radius 3 is 1.68 bits per heavy atom. The van der Waals surface area contributed by atoms with E-state index in [1.807, 2.05) is 0 Å². The van der Waals surface area contributed by atoms with Gasteiger partial charge in [0.1, 0.15) is 6.61 Å². The number of unbranched alkanes of at least 4 members (excludes halogenated alkanes) is 14. The lowest BCUT2D eigenvalue weighted by Gasteiger charge is -2.18. The monoisotopic (exact) mass is 582 g/mol. The third-order valence-electron chi connectivity index (χ3n) is 5.97. The van der Waals surface area contributed by atoms with E-state index in [1.54, 1.807) is 6.92 Å². The fraction of sp³-hybridized carbons (Fsp3) is 0.889. The number of thioether (sulfide) groups is 1. The van der Waals surface area contributed by atoms with Gasteiger partial charge in [-0.15, -0.1) is 0 Å². The fourth-order valence-electron chi connectivity index (χ4n) is 3.85. The maximum atomic E-state index is 12.2. The van der Waals surface area contributed by atoms with Crippen LogP contribution in [0.1, 0.15) is 129 Å². The predicted octanol–water partition coefficient (Wildman–Crippen LogP) is 6.87. The molecule has 38 heavy (non-hydrogen) atoms. The van der Waals surface area contributed by atoms with Crippen LogP contribution in [0.2, 0.25) is 0 Å². The van der Waals surface area contributed by atoms with Crippen molar-refractivity contribution >= 4 is 36.6 Å². The van der Waals surface area contributed by atoms with Crippen molar-refractivity contribution in [2.45, 2.75) is 136 Å². The van der Waals surface area contributed by atoms with Crippen molar-refractivity contribution in [2.24, 2.45) is 0 Å². The second-order valence-corrected chi connectivity index (χ2v) is 12.2. The molecular formula is C27H51O9PS. The van der Waals surface area contributed by atoms with Crippen molar-refractivity contribution in [3.63, 3.8) is 0 Å². The zero-order valence-corrected chi connectivity index (χ0v) is 25.2. The summed E-state index contributed by atoms with van der Waals surface area (Å²) >= 11 is 1.32. The Morgan fingerprint density at radius 2 is 1.18 bits per heavy atom. The highest BCUT2D eigenvalue weighted by Crippen LogP contribution is 2.35. The summed E-state index contributed by atoms with van der Waals surface area (Å²) in [5.41, 5.74) is 0. The first kappa shape index (κ1) is 37.1. The molecule has 0 spiro atoms. The van der Waals surface area contributed by atoms with Crippen LogP contribution < -0.4 is 0 Å². The van der Waals surface area contributed by atoms with Crippen LogP contribution in [-0.4, -0.2) is 51.9 Å². The summed E-state index contributed by atoms with van der Waals surface area (Å²) in [5.74, 6) is -0.146. The van der Waals surface area contributed by atoms with Crippen LogP contribution in [-0.2, 0) is 32.9 Å². The van der Waals surface area contributed by atoms with E-state index < -0.39 is 32.5 Å². The Morgan fingerprint density at radius 1 is 0.711 bits per heavy atom. The van der Waals surface area contributed by atoms with Crippen LogP contribution >= 0.6 is 19.6 Å². The number of esters is 2. The molecule has 0 aliphatic heterocycles. The summed E-state index contributed by atoms with van der Waals surface area (Å²) in [6.07, 6.45) is 16.5. The molecule has 0 rings (SSSR count). The van der Waals surface area contributed by atoms with Gasteiger partial charge in [-0.05, 0) is 19.3 Å². The maximum Gasteiger partial charge on any atom is 0.469 e. The summed E-state index contributed by atoms with van der Waals surface area (Å²) < 4.78 is 26.0. The molecule has 0 heterocycles. The number of phosphoric acid groups is 1.